The van der Waals surface area contributed by atoms with E-state index in [0.717, 1.165) is 0 Å². The van der Waals surface area contributed by atoms with E-state index in [2.05, 4.69) is 15.3 Å². The number of amides is 1. The van der Waals surface area contributed by atoms with Crippen LogP contribution in [0.3, 0.4) is 0 Å². The molecule has 1 aromatic heterocycles. The summed E-state index contributed by atoms with van der Waals surface area (Å²) < 4.78 is 16.3. The lowest BCUT2D eigenvalue weighted by Crippen LogP contribution is -2.40. The summed E-state index contributed by atoms with van der Waals surface area (Å²) in [5.74, 6) is 0.870. The van der Waals surface area contributed by atoms with E-state index in [4.69, 9.17) is 14.2 Å². The molecule has 2 aromatic rings. The maximum Gasteiger partial charge on any atom is 0.316 e. The largest absolute Gasteiger partial charge is 0.485 e. The van der Waals surface area contributed by atoms with Gasteiger partial charge < -0.3 is 19.5 Å². The number of hydrogen-bond donors (Lipinski definition) is 1. The van der Waals surface area contributed by atoms with Gasteiger partial charge in [0.15, 0.2) is 11.5 Å². The zero-order valence-electron chi connectivity index (χ0n) is 12.0. The second-order valence-corrected chi connectivity index (χ2v) is 4.54. The van der Waals surface area contributed by atoms with E-state index < -0.39 is 6.10 Å². The fraction of sp³-hybridized carbons (Fsp3) is 0.267. The Hall–Kier alpha value is -2.83. The van der Waals surface area contributed by atoms with Crippen molar-refractivity contribution in [2.75, 3.05) is 18.5 Å². The SMILES string of the molecule is CCOc1ncc(NC(=O)C2COc3ccccc3O2)cn1. The van der Waals surface area contributed by atoms with Crippen LogP contribution < -0.4 is 19.5 Å². The summed E-state index contributed by atoms with van der Waals surface area (Å²) in [5.41, 5.74) is 0.468. The topological polar surface area (TPSA) is 82.6 Å². The van der Waals surface area contributed by atoms with Crippen molar-refractivity contribution in [2.24, 2.45) is 0 Å². The van der Waals surface area contributed by atoms with E-state index in [0.29, 0.717) is 23.8 Å². The minimum atomic E-state index is -0.721. The number of carbonyl (C=O) groups is 1. The number of benzene rings is 1. The minimum absolute atomic E-state index is 0.154. The Morgan fingerprint density at radius 1 is 1.32 bits per heavy atom. The van der Waals surface area contributed by atoms with E-state index in [9.17, 15) is 4.79 Å². The van der Waals surface area contributed by atoms with Crippen LogP contribution in [-0.4, -0.2) is 35.2 Å². The third-order valence-corrected chi connectivity index (χ3v) is 2.97. The van der Waals surface area contributed by atoms with Gasteiger partial charge in [0.1, 0.15) is 6.61 Å². The summed E-state index contributed by atoms with van der Waals surface area (Å²) in [6.45, 7) is 2.48. The Morgan fingerprint density at radius 2 is 2.05 bits per heavy atom. The van der Waals surface area contributed by atoms with Crippen LogP contribution in [0, 0.1) is 0 Å². The van der Waals surface area contributed by atoms with Crippen LogP contribution in [0.1, 0.15) is 6.92 Å². The molecule has 1 unspecified atom stereocenters. The summed E-state index contributed by atoms with van der Waals surface area (Å²) in [6, 6.07) is 7.49. The quantitative estimate of drug-likeness (QED) is 0.924. The minimum Gasteiger partial charge on any atom is -0.485 e. The fourth-order valence-corrected chi connectivity index (χ4v) is 1.96. The number of aromatic nitrogens is 2. The molecule has 0 saturated carbocycles. The van der Waals surface area contributed by atoms with Crippen LogP contribution in [0.25, 0.3) is 0 Å². The Bertz CT molecular complexity index is 660. The van der Waals surface area contributed by atoms with Crippen LogP contribution in [-0.2, 0) is 4.79 Å². The van der Waals surface area contributed by atoms with Gasteiger partial charge in [-0.25, -0.2) is 9.97 Å². The molecule has 1 aliphatic rings. The molecule has 2 heterocycles. The molecule has 0 spiro atoms. The normalized spacial score (nSPS) is 16.0. The number of ether oxygens (including phenoxy) is 3. The van der Waals surface area contributed by atoms with Gasteiger partial charge in [0.25, 0.3) is 5.91 Å². The third-order valence-electron chi connectivity index (χ3n) is 2.97. The molecule has 0 saturated heterocycles. The van der Waals surface area contributed by atoms with Crippen molar-refractivity contribution in [3.05, 3.63) is 36.7 Å². The van der Waals surface area contributed by atoms with E-state index in [1.807, 2.05) is 19.1 Å². The van der Waals surface area contributed by atoms with Crippen molar-refractivity contribution in [1.82, 2.24) is 9.97 Å². The van der Waals surface area contributed by atoms with Gasteiger partial charge in [0.2, 0.25) is 6.10 Å². The van der Waals surface area contributed by atoms with Gasteiger partial charge in [-0.05, 0) is 19.1 Å². The smallest absolute Gasteiger partial charge is 0.316 e. The molecule has 0 fully saturated rings. The van der Waals surface area contributed by atoms with Gasteiger partial charge in [-0.1, -0.05) is 12.1 Å². The summed E-state index contributed by atoms with van der Waals surface area (Å²) in [6.07, 6.45) is 2.24. The molecule has 0 aliphatic carbocycles. The molecule has 1 aromatic carbocycles. The Morgan fingerprint density at radius 3 is 2.77 bits per heavy atom. The number of anilines is 1. The lowest BCUT2D eigenvalue weighted by Gasteiger charge is -2.25. The lowest BCUT2D eigenvalue weighted by atomic mass is 10.2. The molecule has 7 nitrogen and oxygen atoms in total. The van der Waals surface area contributed by atoms with Crippen molar-refractivity contribution >= 4 is 11.6 Å². The molecule has 7 heteroatoms. The van der Waals surface area contributed by atoms with Gasteiger partial charge in [-0.15, -0.1) is 0 Å². The van der Waals surface area contributed by atoms with E-state index in [1.165, 1.54) is 12.4 Å². The average Bonchev–Trinajstić information content (AvgIpc) is 2.56. The molecule has 0 bridgehead atoms. The van der Waals surface area contributed by atoms with E-state index in [1.54, 1.807) is 12.1 Å². The Labute approximate surface area is 127 Å². The average molecular weight is 301 g/mol. The van der Waals surface area contributed by atoms with Gasteiger partial charge in [0.05, 0.1) is 24.7 Å². The van der Waals surface area contributed by atoms with Gasteiger partial charge >= 0.3 is 6.01 Å². The fourth-order valence-electron chi connectivity index (χ4n) is 1.96. The first kappa shape index (κ1) is 14.1. The highest BCUT2D eigenvalue weighted by Gasteiger charge is 2.27. The molecule has 1 aliphatic heterocycles. The molecule has 1 amide bonds. The summed E-state index contributed by atoms with van der Waals surface area (Å²) in [4.78, 5) is 20.1. The van der Waals surface area contributed by atoms with Crippen LogP contribution >= 0.6 is 0 Å². The van der Waals surface area contributed by atoms with Crippen molar-refractivity contribution in [3.63, 3.8) is 0 Å². The number of nitrogens with zero attached hydrogens (tertiary/aromatic N) is 2. The monoisotopic (exact) mass is 301 g/mol. The van der Waals surface area contributed by atoms with Crippen LogP contribution in [0.15, 0.2) is 36.7 Å². The molecular weight excluding hydrogens is 286 g/mol. The van der Waals surface area contributed by atoms with Crippen molar-refractivity contribution in [3.8, 4) is 17.5 Å². The predicted molar refractivity (Wildman–Crippen MR) is 78.2 cm³/mol. The Kier molecular flexibility index (Phi) is 4.04. The zero-order valence-corrected chi connectivity index (χ0v) is 12.0. The second-order valence-electron chi connectivity index (χ2n) is 4.54. The first-order valence-corrected chi connectivity index (χ1v) is 6.90. The second kappa shape index (κ2) is 6.30. The zero-order chi connectivity index (χ0) is 15.4. The van der Waals surface area contributed by atoms with Gasteiger partial charge in [-0.2, -0.15) is 0 Å². The van der Waals surface area contributed by atoms with Crippen molar-refractivity contribution in [1.29, 1.82) is 0 Å². The molecule has 22 heavy (non-hydrogen) atoms. The third kappa shape index (κ3) is 3.08. The van der Waals surface area contributed by atoms with Gasteiger partial charge in [0, 0.05) is 0 Å². The molecule has 3 rings (SSSR count). The first-order valence-electron chi connectivity index (χ1n) is 6.90. The molecule has 1 atom stereocenters. The number of hydrogen-bond acceptors (Lipinski definition) is 6. The van der Waals surface area contributed by atoms with Crippen molar-refractivity contribution in [2.45, 2.75) is 13.0 Å². The lowest BCUT2D eigenvalue weighted by molar-refractivity contribution is -0.125. The number of fused-ring (bicyclic) bond motifs is 1. The summed E-state index contributed by atoms with van der Waals surface area (Å²) in [5, 5.41) is 2.69. The highest BCUT2D eigenvalue weighted by atomic mass is 16.6. The van der Waals surface area contributed by atoms with Crippen molar-refractivity contribution < 1.29 is 19.0 Å². The first-order chi connectivity index (χ1) is 10.8. The summed E-state index contributed by atoms with van der Waals surface area (Å²) >= 11 is 0. The number of rotatable bonds is 4. The number of para-hydroxylation sites is 2. The maximum atomic E-state index is 12.2. The molecule has 0 radical (unpaired) electrons. The molecule has 1 N–H and O–H groups in total. The van der Waals surface area contributed by atoms with E-state index >= 15 is 0 Å². The Balaban J connectivity index is 1.63. The molecule has 114 valence electrons. The van der Waals surface area contributed by atoms with Crippen LogP contribution in [0.5, 0.6) is 17.5 Å². The summed E-state index contributed by atoms with van der Waals surface area (Å²) in [7, 11) is 0. The number of nitrogens with one attached hydrogen (secondary N) is 1. The highest BCUT2D eigenvalue weighted by molar-refractivity contribution is 5.94. The van der Waals surface area contributed by atoms with Gasteiger partial charge in [-0.3, -0.25) is 4.79 Å². The van der Waals surface area contributed by atoms with Crippen LogP contribution in [0.2, 0.25) is 0 Å². The number of carbonyl (C=O) groups excluding carboxylic acids is 1. The van der Waals surface area contributed by atoms with E-state index in [-0.39, 0.29) is 18.5 Å². The highest BCUT2D eigenvalue weighted by Crippen LogP contribution is 2.31. The maximum absolute atomic E-state index is 12.2. The van der Waals surface area contributed by atoms with Crippen LogP contribution in [0.4, 0.5) is 5.69 Å². The standard InChI is InChI=1S/C15H15N3O4/c1-2-20-15-16-7-10(8-17-15)18-14(19)13-9-21-11-5-3-4-6-12(11)22-13/h3-8,13H,2,9H2,1H3,(H,18,19). The molecular formula is C15H15N3O4. The predicted octanol–water partition coefficient (Wildman–Crippen LogP) is 1.65.